The Hall–Kier alpha value is -3.10. The lowest BCUT2D eigenvalue weighted by atomic mass is 10.0. The number of amides is 3. The molecule has 0 spiro atoms. The predicted octanol–water partition coefficient (Wildman–Crippen LogP) is 3.88. The van der Waals surface area contributed by atoms with Crippen molar-refractivity contribution in [2.45, 2.75) is 32.5 Å². The lowest BCUT2D eigenvalue weighted by Gasteiger charge is -2.24. The summed E-state index contributed by atoms with van der Waals surface area (Å²) in [6.07, 6.45) is -2.08. The largest absolute Gasteiger partial charge is 0.467 e. The first kappa shape index (κ1) is 20.6. The number of benzene rings is 1. The number of unbranched alkanes of at least 4 members (excludes halogenated alkanes) is 1. The molecule has 0 N–H and O–H groups in total. The van der Waals surface area contributed by atoms with Crippen LogP contribution in [0.2, 0.25) is 0 Å². The van der Waals surface area contributed by atoms with Gasteiger partial charge in [-0.05, 0) is 36.8 Å². The standard InChI is InChI=1S/C20H19F3N2O4/c1-2-3-8-24(12-20(21,22)23)17(26)13-6-7-15-16(10-13)19(28)25(18(15)27)11-14-5-4-9-29-14/h4-7,9-10H,2-3,8,11-12H2,1H3. The molecule has 0 saturated heterocycles. The summed E-state index contributed by atoms with van der Waals surface area (Å²) in [6, 6.07) is 7.00. The highest BCUT2D eigenvalue weighted by molar-refractivity contribution is 6.22. The number of rotatable bonds is 7. The van der Waals surface area contributed by atoms with Gasteiger partial charge in [0.1, 0.15) is 12.3 Å². The highest BCUT2D eigenvalue weighted by atomic mass is 19.4. The Balaban J connectivity index is 1.85. The van der Waals surface area contributed by atoms with Crippen LogP contribution in [0.15, 0.2) is 41.0 Å². The molecular formula is C20H19F3N2O4. The van der Waals surface area contributed by atoms with Gasteiger partial charge in [0.25, 0.3) is 17.7 Å². The number of hydrogen-bond acceptors (Lipinski definition) is 4. The molecular weight excluding hydrogens is 389 g/mol. The van der Waals surface area contributed by atoms with Gasteiger partial charge in [-0.2, -0.15) is 13.2 Å². The van der Waals surface area contributed by atoms with Crippen molar-refractivity contribution in [2.75, 3.05) is 13.1 Å². The van der Waals surface area contributed by atoms with Gasteiger partial charge in [0.05, 0.1) is 23.9 Å². The third-order valence-electron chi connectivity index (χ3n) is 4.55. The van der Waals surface area contributed by atoms with Gasteiger partial charge in [0.2, 0.25) is 0 Å². The Morgan fingerprint density at radius 3 is 2.48 bits per heavy atom. The van der Waals surface area contributed by atoms with E-state index < -0.39 is 30.4 Å². The molecule has 0 bridgehead atoms. The Labute approximate surface area is 164 Å². The molecule has 6 nitrogen and oxygen atoms in total. The van der Waals surface area contributed by atoms with Crippen LogP contribution in [0.4, 0.5) is 13.2 Å². The van der Waals surface area contributed by atoms with Crippen LogP contribution in [0.25, 0.3) is 0 Å². The molecule has 1 aromatic carbocycles. The van der Waals surface area contributed by atoms with E-state index in [-0.39, 0.29) is 29.8 Å². The SMILES string of the molecule is CCCCN(CC(F)(F)F)C(=O)c1ccc2c(c1)C(=O)N(Cc1ccco1)C2=O. The minimum Gasteiger partial charge on any atom is -0.467 e. The number of halogens is 3. The summed E-state index contributed by atoms with van der Waals surface area (Å²) in [4.78, 5) is 39.5. The fraction of sp³-hybridized carbons (Fsp3) is 0.350. The number of carbonyl (C=O) groups excluding carboxylic acids is 3. The first-order valence-electron chi connectivity index (χ1n) is 9.10. The number of alkyl halides is 3. The number of hydrogen-bond donors (Lipinski definition) is 0. The minimum atomic E-state index is -4.54. The molecule has 0 atom stereocenters. The normalized spacial score (nSPS) is 13.7. The van der Waals surface area contributed by atoms with Gasteiger partial charge in [-0.25, -0.2) is 0 Å². The van der Waals surface area contributed by atoms with Crippen LogP contribution in [-0.2, 0) is 6.54 Å². The lowest BCUT2D eigenvalue weighted by molar-refractivity contribution is -0.140. The molecule has 0 aliphatic carbocycles. The molecule has 0 radical (unpaired) electrons. The van der Waals surface area contributed by atoms with E-state index in [1.165, 1.54) is 24.5 Å². The Bertz CT molecular complexity index is 922. The average molecular weight is 408 g/mol. The van der Waals surface area contributed by atoms with Gasteiger partial charge in [0.15, 0.2) is 0 Å². The van der Waals surface area contributed by atoms with Gasteiger partial charge < -0.3 is 9.32 Å². The molecule has 154 valence electrons. The molecule has 0 saturated carbocycles. The molecule has 3 amide bonds. The van der Waals surface area contributed by atoms with Crippen molar-refractivity contribution in [1.82, 2.24) is 9.80 Å². The third-order valence-corrected chi connectivity index (χ3v) is 4.55. The molecule has 2 heterocycles. The minimum absolute atomic E-state index is 0.00476. The van der Waals surface area contributed by atoms with Crippen molar-refractivity contribution >= 4 is 17.7 Å². The fourth-order valence-electron chi connectivity index (χ4n) is 3.13. The third kappa shape index (κ3) is 4.49. The second-order valence-electron chi connectivity index (χ2n) is 6.73. The van der Waals surface area contributed by atoms with E-state index in [2.05, 4.69) is 0 Å². The first-order valence-corrected chi connectivity index (χ1v) is 9.10. The second-order valence-corrected chi connectivity index (χ2v) is 6.73. The van der Waals surface area contributed by atoms with E-state index >= 15 is 0 Å². The number of fused-ring (bicyclic) bond motifs is 1. The molecule has 3 rings (SSSR count). The lowest BCUT2D eigenvalue weighted by Crippen LogP contribution is -2.39. The van der Waals surface area contributed by atoms with Gasteiger partial charge >= 0.3 is 6.18 Å². The van der Waals surface area contributed by atoms with Crippen molar-refractivity contribution in [3.05, 3.63) is 59.0 Å². The van der Waals surface area contributed by atoms with Gasteiger partial charge in [-0.1, -0.05) is 13.3 Å². The van der Waals surface area contributed by atoms with Crippen LogP contribution in [-0.4, -0.2) is 46.8 Å². The molecule has 1 aliphatic rings. The highest BCUT2D eigenvalue weighted by Gasteiger charge is 2.38. The van der Waals surface area contributed by atoms with Crippen molar-refractivity contribution in [2.24, 2.45) is 0 Å². The molecule has 0 fully saturated rings. The van der Waals surface area contributed by atoms with Crippen LogP contribution in [0.5, 0.6) is 0 Å². The smallest absolute Gasteiger partial charge is 0.406 e. The zero-order valence-corrected chi connectivity index (χ0v) is 15.7. The summed E-state index contributed by atoms with van der Waals surface area (Å²) in [7, 11) is 0. The van der Waals surface area contributed by atoms with Crippen LogP contribution in [0.3, 0.4) is 0 Å². The average Bonchev–Trinajstić information content (AvgIpc) is 3.26. The van der Waals surface area contributed by atoms with Crippen molar-refractivity contribution in [3.63, 3.8) is 0 Å². The molecule has 2 aromatic rings. The zero-order chi connectivity index (χ0) is 21.2. The molecule has 0 unspecified atom stereocenters. The summed E-state index contributed by atoms with van der Waals surface area (Å²) in [5, 5.41) is 0. The maximum Gasteiger partial charge on any atom is 0.406 e. The summed E-state index contributed by atoms with van der Waals surface area (Å²) in [6.45, 7) is 0.312. The maximum atomic E-state index is 12.9. The topological polar surface area (TPSA) is 70.8 Å². The van der Waals surface area contributed by atoms with Crippen LogP contribution in [0, 0.1) is 0 Å². The van der Waals surface area contributed by atoms with Gasteiger partial charge in [-0.15, -0.1) is 0 Å². The maximum absolute atomic E-state index is 12.9. The van der Waals surface area contributed by atoms with E-state index in [1.807, 2.05) is 6.92 Å². The zero-order valence-electron chi connectivity index (χ0n) is 15.7. The second kappa shape index (κ2) is 8.10. The van der Waals surface area contributed by atoms with Crippen molar-refractivity contribution in [3.8, 4) is 0 Å². The number of imide groups is 1. The highest BCUT2D eigenvalue weighted by Crippen LogP contribution is 2.27. The number of furan rings is 1. The number of nitrogens with zero attached hydrogens (tertiary/aromatic N) is 2. The summed E-state index contributed by atoms with van der Waals surface area (Å²) < 4.78 is 43.8. The quantitative estimate of drug-likeness (QED) is 0.652. The monoisotopic (exact) mass is 408 g/mol. The molecule has 9 heteroatoms. The molecule has 29 heavy (non-hydrogen) atoms. The van der Waals surface area contributed by atoms with E-state index in [4.69, 9.17) is 4.42 Å². The first-order chi connectivity index (χ1) is 13.7. The van der Waals surface area contributed by atoms with Crippen LogP contribution in [0.1, 0.15) is 56.6 Å². The summed E-state index contributed by atoms with van der Waals surface area (Å²) in [5.74, 6) is -1.58. The van der Waals surface area contributed by atoms with Crippen molar-refractivity contribution < 1.29 is 32.0 Å². The van der Waals surface area contributed by atoms with E-state index in [9.17, 15) is 27.6 Å². The van der Waals surface area contributed by atoms with E-state index in [0.29, 0.717) is 23.5 Å². The molecule has 1 aliphatic heterocycles. The van der Waals surface area contributed by atoms with Crippen LogP contribution >= 0.6 is 0 Å². The van der Waals surface area contributed by atoms with E-state index in [1.54, 1.807) is 12.1 Å². The fourth-order valence-corrected chi connectivity index (χ4v) is 3.13. The van der Waals surface area contributed by atoms with Gasteiger partial charge in [-0.3, -0.25) is 19.3 Å². The Morgan fingerprint density at radius 1 is 1.14 bits per heavy atom. The van der Waals surface area contributed by atoms with Gasteiger partial charge in [0, 0.05) is 12.1 Å². The predicted molar refractivity (Wildman–Crippen MR) is 96.2 cm³/mol. The summed E-state index contributed by atoms with van der Waals surface area (Å²) in [5.41, 5.74) is 0.0361. The Kier molecular flexibility index (Phi) is 5.76. The Morgan fingerprint density at radius 2 is 1.86 bits per heavy atom. The summed E-state index contributed by atoms with van der Waals surface area (Å²) >= 11 is 0. The molecule has 1 aromatic heterocycles. The van der Waals surface area contributed by atoms with E-state index in [0.717, 1.165) is 4.90 Å². The van der Waals surface area contributed by atoms with Crippen LogP contribution < -0.4 is 0 Å². The van der Waals surface area contributed by atoms with Crippen molar-refractivity contribution in [1.29, 1.82) is 0 Å². The number of carbonyl (C=O) groups is 3.